The molecule has 0 aromatic carbocycles. The van der Waals surface area contributed by atoms with Crippen molar-refractivity contribution in [2.24, 2.45) is 0 Å². The molecule has 0 N–H and O–H groups in total. The molecule has 1 radical (unpaired) electrons. The average molecular weight is 121 g/mol. The topological polar surface area (TPSA) is 23.3 Å². The number of rotatable bonds is 0. The van der Waals surface area contributed by atoms with Crippen LogP contribution in [0.5, 0.6) is 0 Å². The molecule has 41 valence electrons. The molecule has 7 heavy (non-hydrogen) atoms. The molecule has 0 aromatic rings. The van der Waals surface area contributed by atoms with Crippen LogP contribution in [0.25, 0.3) is 0 Å². The molecule has 0 saturated carbocycles. The van der Waals surface area contributed by atoms with Crippen molar-refractivity contribution in [3.05, 3.63) is 0 Å². The fourth-order valence-corrected chi connectivity index (χ4v) is 0.677. The van der Waals surface area contributed by atoms with Crippen LogP contribution in [-0.2, 0) is 4.74 Å². The Morgan fingerprint density at radius 3 is 2.86 bits per heavy atom. The molecule has 1 atom stereocenters. The third-order valence-electron chi connectivity index (χ3n) is 0.818. The second-order valence-corrected chi connectivity index (χ2v) is 1.92. The van der Waals surface area contributed by atoms with Gasteiger partial charge < -0.3 is 4.74 Å². The number of hydrogen-bond donors (Lipinski definition) is 0. The van der Waals surface area contributed by atoms with E-state index in [4.69, 9.17) is 16.3 Å². The molecule has 1 heterocycles. The van der Waals surface area contributed by atoms with Crippen LogP contribution < -0.4 is 5.32 Å². The largest absolute Gasteiger partial charge is 0.377 e. The lowest BCUT2D eigenvalue weighted by Crippen LogP contribution is -2.31. The van der Waals surface area contributed by atoms with Gasteiger partial charge in [0.1, 0.15) is 5.50 Å². The van der Waals surface area contributed by atoms with Gasteiger partial charge in [-0.3, -0.25) is 0 Å². The van der Waals surface area contributed by atoms with Crippen LogP contribution in [-0.4, -0.2) is 25.3 Å². The van der Waals surface area contributed by atoms with Crippen LogP contribution in [0.4, 0.5) is 0 Å². The summed E-state index contributed by atoms with van der Waals surface area (Å²) in [7, 11) is 0. The van der Waals surface area contributed by atoms with E-state index in [9.17, 15) is 0 Å². The summed E-state index contributed by atoms with van der Waals surface area (Å²) in [6.07, 6.45) is 0. The first-order valence-corrected chi connectivity index (χ1v) is 2.71. The molecule has 0 spiro atoms. The van der Waals surface area contributed by atoms with Crippen molar-refractivity contribution in [2.75, 3.05) is 19.8 Å². The minimum absolute atomic E-state index is 0.0891. The van der Waals surface area contributed by atoms with E-state index in [1.807, 2.05) is 0 Å². The zero-order chi connectivity index (χ0) is 5.11. The van der Waals surface area contributed by atoms with Crippen LogP contribution >= 0.6 is 11.6 Å². The molecule has 3 heteroatoms. The van der Waals surface area contributed by atoms with E-state index >= 15 is 0 Å². The molecule has 0 bridgehead atoms. The summed E-state index contributed by atoms with van der Waals surface area (Å²) in [6, 6.07) is 0. The average Bonchev–Trinajstić information content (AvgIpc) is 1.69. The van der Waals surface area contributed by atoms with Crippen molar-refractivity contribution in [1.29, 1.82) is 0 Å². The summed E-state index contributed by atoms with van der Waals surface area (Å²) in [5.41, 5.74) is -0.0891. The van der Waals surface area contributed by atoms with Gasteiger partial charge in [-0.1, -0.05) is 0 Å². The maximum absolute atomic E-state index is 5.52. The summed E-state index contributed by atoms with van der Waals surface area (Å²) in [6.45, 7) is 2.08. The Bertz CT molecular complexity index is 53.7. The highest BCUT2D eigenvalue weighted by molar-refractivity contribution is 6.20. The molecular formula is C4H7ClNO. The molecule has 1 aliphatic heterocycles. The van der Waals surface area contributed by atoms with E-state index in [1.165, 1.54) is 0 Å². The molecule has 1 fully saturated rings. The summed E-state index contributed by atoms with van der Waals surface area (Å²) in [4.78, 5) is 0. The maximum Gasteiger partial charge on any atom is 0.122 e. The molecule has 0 aliphatic carbocycles. The van der Waals surface area contributed by atoms with Gasteiger partial charge in [0.25, 0.3) is 0 Å². The van der Waals surface area contributed by atoms with E-state index in [1.54, 1.807) is 0 Å². The predicted molar refractivity (Wildman–Crippen MR) is 27.5 cm³/mol. The van der Waals surface area contributed by atoms with Gasteiger partial charge in [0.15, 0.2) is 0 Å². The van der Waals surface area contributed by atoms with Crippen molar-refractivity contribution < 1.29 is 4.74 Å². The lowest BCUT2D eigenvalue weighted by Gasteiger charge is -2.15. The standard InChI is InChI=1S/C4H7ClNO/c5-4-3-7-2-1-6-4/h4H,1-3H2. The quantitative estimate of drug-likeness (QED) is 0.331. The van der Waals surface area contributed by atoms with Gasteiger partial charge >= 0.3 is 0 Å². The third-order valence-corrected chi connectivity index (χ3v) is 1.08. The Hall–Kier alpha value is 0.210. The fourth-order valence-electron chi connectivity index (χ4n) is 0.491. The van der Waals surface area contributed by atoms with Gasteiger partial charge in [-0.15, -0.1) is 11.6 Å². The Morgan fingerprint density at radius 1 is 1.71 bits per heavy atom. The van der Waals surface area contributed by atoms with E-state index in [0.29, 0.717) is 6.61 Å². The van der Waals surface area contributed by atoms with E-state index in [2.05, 4.69) is 5.32 Å². The lowest BCUT2D eigenvalue weighted by molar-refractivity contribution is 0.0965. The third kappa shape index (κ3) is 1.63. The molecule has 1 saturated heterocycles. The maximum atomic E-state index is 5.52. The lowest BCUT2D eigenvalue weighted by atomic mass is 10.5. The fraction of sp³-hybridized carbons (Fsp3) is 1.00. The van der Waals surface area contributed by atoms with E-state index < -0.39 is 0 Å². The molecular weight excluding hydrogens is 114 g/mol. The Balaban J connectivity index is 2.12. The van der Waals surface area contributed by atoms with Gasteiger partial charge in [-0.25, -0.2) is 5.32 Å². The number of nitrogens with zero attached hydrogens (tertiary/aromatic N) is 1. The summed E-state index contributed by atoms with van der Waals surface area (Å²) in [5.74, 6) is 0. The number of ether oxygens (including phenoxy) is 1. The normalized spacial score (nSPS) is 33.0. The van der Waals surface area contributed by atoms with Crippen LogP contribution in [0.2, 0.25) is 0 Å². The summed E-state index contributed by atoms with van der Waals surface area (Å²) in [5, 5.41) is 3.97. The highest BCUT2D eigenvalue weighted by Gasteiger charge is 2.08. The van der Waals surface area contributed by atoms with Gasteiger partial charge in [-0.2, -0.15) is 0 Å². The number of alkyl halides is 1. The summed E-state index contributed by atoms with van der Waals surface area (Å²) < 4.78 is 4.96. The highest BCUT2D eigenvalue weighted by atomic mass is 35.5. The monoisotopic (exact) mass is 120 g/mol. The zero-order valence-corrected chi connectivity index (χ0v) is 4.69. The Kier molecular flexibility index (Phi) is 1.91. The number of morpholine rings is 1. The molecule has 1 aliphatic rings. The Morgan fingerprint density at radius 2 is 2.57 bits per heavy atom. The van der Waals surface area contributed by atoms with Gasteiger partial charge in [0.2, 0.25) is 0 Å². The van der Waals surface area contributed by atoms with Crippen molar-refractivity contribution in [3.63, 3.8) is 0 Å². The van der Waals surface area contributed by atoms with E-state index in [0.717, 1.165) is 13.2 Å². The van der Waals surface area contributed by atoms with Crippen LogP contribution in [0, 0.1) is 0 Å². The minimum Gasteiger partial charge on any atom is -0.377 e. The van der Waals surface area contributed by atoms with Crippen molar-refractivity contribution in [3.8, 4) is 0 Å². The highest BCUT2D eigenvalue weighted by Crippen LogP contribution is 1.97. The molecule has 2 nitrogen and oxygen atoms in total. The van der Waals surface area contributed by atoms with Crippen molar-refractivity contribution in [2.45, 2.75) is 5.50 Å². The van der Waals surface area contributed by atoms with Crippen LogP contribution in [0.1, 0.15) is 0 Å². The smallest absolute Gasteiger partial charge is 0.122 e. The minimum atomic E-state index is -0.0891. The second kappa shape index (κ2) is 2.50. The van der Waals surface area contributed by atoms with Gasteiger partial charge in [0, 0.05) is 6.54 Å². The Labute approximate surface area is 47.8 Å². The summed E-state index contributed by atoms with van der Waals surface area (Å²) >= 11 is 5.52. The van der Waals surface area contributed by atoms with Crippen LogP contribution in [0.15, 0.2) is 0 Å². The van der Waals surface area contributed by atoms with Crippen molar-refractivity contribution >= 4 is 11.6 Å². The first-order valence-electron chi connectivity index (χ1n) is 2.28. The first-order chi connectivity index (χ1) is 3.39. The molecule has 1 unspecified atom stereocenters. The number of hydrogen-bond acceptors (Lipinski definition) is 1. The van der Waals surface area contributed by atoms with Crippen molar-refractivity contribution in [1.82, 2.24) is 5.32 Å². The SMILES string of the molecule is ClC1COCC[N]1. The first kappa shape index (κ1) is 5.35. The van der Waals surface area contributed by atoms with E-state index in [-0.39, 0.29) is 5.50 Å². The predicted octanol–water partition coefficient (Wildman–Crippen LogP) is 0.186. The van der Waals surface area contributed by atoms with Crippen LogP contribution in [0.3, 0.4) is 0 Å². The molecule has 0 amide bonds. The number of halogens is 1. The van der Waals surface area contributed by atoms with Gasteiger partial charge in [0.05, 0.1) is 13.2 Å². The molecule has 0 aromatic heterocycles. The van der Waals surface area contributed by atoms with Gasteiger partial charge in [-0.05, 0) is 0 Å². The molecule has 1 rings (SSSR count). The second-order valence-electron chi connectivity index (χ2n) is 1.42. The zero-order valence-electron chi connectivity index (χ0n) is 3.93.